The van der Waals surface area contributed by atoms with Gasteiger partial charge in [0, 0.05) is 4.88 Å². The summed E-state index contributed by atoms with van der Waals surface area (Å²) in [5.41, 5.74) is 2.69. The van der Waals surface area contributed by atoms with E-state index in [1.54, 1.807) is 11.3 Å². The molecule has 0 aromatic carbocycles. The summed E-state index contributed by atoms with van der Waals surface area (Å²) in [6, 6.07) is 2.08. The number of nitrogen functional groups attached to an aromatic ring is 1. The van der Waals surface area contributed by atoms with E-state index in [-0.39, 0.29) is 0 Å². The highest BCUT2D eigenvalue weighted by molar-refractivity contribution is 7.99. The summed E-state index contributed by atoms with van der Waals surface area (Å²) in [5.74, 6) is 8.44. The average Bonchev–Trinajstić information content (AvgIpc) is 2.94. The number of nitrogens with two attached hydrogens (primary N) is 1. The van der Waals surface area contributed by atoms with Gasteiger partial charge in [0.15, 0.2) is 5.82 Å². The van der Waals surface area contributed by atoms with Crippen molar-refractivity contribution in [3.63, 3.8) is 0 Å². The first-order chi connectivity index (χ1) is 8.28. The second kappa shape index (κ2) is 4.44. The van der Waals surface area contributed by atoms with Crippen LogP contribution < -0.4 is 11.3 Å². The highest BCUT2D eigenvalue weighted by Crippen LogP contribution is 2.40. The fraction of sp³-hybridized carbons (Fsp3) is 0.455. The van der Waals surface area contributed by atoms with Gasteiger partial charge >= 0.3 is 0 Å². The Hall–Kier alpha value is -0.850. The Balaban J connectivity index is 2.13. The van der Waals surface area contributed by atoms with Crippen molar-refractivity contribution in [3.05, 3.63) is 16.8 Å². The number of thiophene rings is 1. The molecule has 2 aromatic rings. The number of nitrogens with one attached hydrogen (secondary N) is 1. The van der Waals surface area contributed by atoms with Gasteiger partial charge in [-0.2, -0.15) is 11.8 Å². The molecule has 4 nitrogen and oxygen atoms in total. The van der Waals surface area contributed by atoms with Crippen molar-refractivity contribution in [3.8, 4) is 0 Å². The lowest BCUT2D eigenvalue weighted by atomic mass is 10.2. The van der Waals surface area contributed by atoms with Crippen molar-refractivity contribution < 1.29 is 0 Å². The van der Waals surface area contributed by atoms with Crippen molar-refractivity contribution in [2.45, 2.75) is 25.0 Å². The van der Waals surface area contributed by atoms with Crippen LogP contribution in [-0.4, -0.2) is 15.7 Å². The number of hydrogen-bond acceptors (Lipinski definition) is 6. The van der Waals surface area contributed by atoms with Gasteiger partial charge in [0.25, 0.3) is 0 Å². The summed E-state index contributed by atoms with van der Waals surface area (Å²) in [6.07, 6.45) is 2.43. The average molecular weight is 266 g/mol. The number of aryl methyl sites for hydroxylation is 1. The standard InChI is InChI=1S/C11H14N4S2/c1-6-5-7-9(15-12)13-10(14-11(7)17-6)8-3-2-4-16-8/h5,8H,2-4,12H2,1H3,(H,13,14,15). The van der Waals surface area contributed by atoms with Gasteiger partial charge in [-0.3, -0.25) is 0 Å². The summed E-state index contributed by atoms with van der Waals surface area (Å²) in [6.45, 7) is 2.08. The van der Waals surface area contributed by atoms with Gasteiger partial charge in [-0.25, -0.2) is 15.8 Å². The molecule has 1 atom stereocenters. The smallest absolute Gasteiger partial charge is 0.152 e. The number of anilines is 1. The Kier molecular flexibility index (Phi) is 2.94. The predicted molar refractivity (Wildman–Crippen MR) is 74.4 cm³/mol. The van der Waals surface area contributed by atoms with E-state index >= 15 is 0 Å². The first-order valence-electron chi connectivity index (χ1n) is 5.64. The van der Waals surface area contributed by atoms with E-state index in [2.05, 4.69) is 28.4 Å². The molecule has 6 heteroatoms. The lowest BCUT2D eigenvalue weighted by Gasteiger charge is -2.09. The van der Waals surface area contributed by atoms with Crippen LogP contribution in [0.4, 0.5) is 5.82 Å². The minimum Gasteiger partial charge on any atom is -0.308 e. The van der Waals surface area contributed by atoms with Crippen LogP contribution in [0.5, 0.6) is 0 Å². The largest absolute Gasteiger partial charge is 0.308 e. The zero-order chi connectivity index (χ0) is 11.8. The summed E-state index contributed by atoms with van der Waals surface area (Å²) in [7, 11) is 0. The molecule has 90 valence electrons. The molecule has 3 N–H and O–H groups in total. The SMILES string of the molecule is Cc1cc2c(NN)nc(C3CCCS3)nc2s1. The second-order valence-corrected chi connectivity index (χ2v) is 6.70. The molecule has 0 amide bonds. The molecular weight excluding hydrogens is 252 g/mol. The molecule has 3 rings (SSSR count). The minimum atomic E-state index is 0.439. The first kappa shape index (κ1) is 11.3. The quantitative estimate of drug-likeness (QED) is 0.646. The third-order valence-electron chi connectivity index (χ3n) is 2.89. The third-order valence-corrected chi connectivity index (χ3v) is 5.21. The van der Waals surface area contributed by atoms with Crippen molar-refractivity contribution in [1.82, 2.24) is 9.97 Å². The fourth-order valence-electron chi connectivity index (χ4n) is 2.09. The zero-order valence-corrected chi connectivity index (χ0v) is 11.2. The number of hydrazine groups is 1. The summed E-state index contributed by atoms with van der Waals surface area (Å²) in [4.78, 5) is 11.5. The van der Waals surface area contributed by atoms with Crippen LogP contribution in [-0.2, 0) is 0 Å². The molecule has 0 radical (unpaired) electrons. The molecule has 0 aliphatic carbocycles. The maximum absolute atomic E-state index is 5.55. The molecule has 0 saturated carbocycles. The van der Waals surface area contributed by atoms with Crippen molar-refractivity contribution in [2.75, 3.05) is 11.2 Å². The molecule has 1 unspecified atom stereocenters. The molecule has 17 heavy (non-hydrogen) atoms. The molecule has 1 aliphatic heterocycles. The fourth-order valence-corrected chi connectivity index (χ4v) is 4.19. The number of hydrogen-bond donors (Lipinski definition) is 2. The van der Waals surface area contributed by atoms with Crippen molar-refractivity contribution >= 4 is 39.1 Å². The van der Waals surface area contributed by atoms with Crippen LogP contribution in [0.3, 0.4) is 0 Å². The van der Waals surface area contributed by atoms with Gasteiger partial charge in [0.2, 0.25) is 0 Å². The third kappa shape index (κ3) is 2.00. The normalized spacial score (nSPS) is 20.0. The van der Waals surface area contributed by atoms with E-state index in [0.717, 1.165) is 21.9 Å². The van der Waals surface area contributed by atoms with Crippen LogP contribution >= 0.6 is 23.1 Å². The summed E-state index contributed by atoms with van der Waals surface area (Å²) in [5, 5.41) is 1.47. The Morgan fingerprint density at radius 2 is 2.35 bits per heavy atom. The van der Waals surface area contributed by atoms with Crippen molar-refractivity contribution in [1.29, 1.82) is 0 Å². The highest BCUT2D eigenvalue weighted by atomic mass is 32.2. The number of rotatable bonds is 2. The molecule has 0 bridgehead atoms. The Morgan fingerprint density at radius 1 is 1.47 bits per heavy atom. The van der Waals surface area contributed by atoms with Crippen molar-refractivity contribution in [2.24, 2.45) is 5.84 Å². The molecule has 2 aromatic heterocycles. The Labute approximate surface area is 108 Å². The topological polar surface area (TPSA) is 63.8 Å². The van der Waals surface area contributed by atoms with E-state index in [1.807, 2.05) is 11.8 Å². The van der Waals surface area contributed by atoms with Gasteiger partial charge in [0.05, 0.1) is 10.6 Å². The Bertz CT molecular complexity index is 546. The molecule has 3 heterocycles. The minimum absolute atomic E-state index is 0.439. The molecule has 1 aliphatic rings. The Morgan fingerprint density at radius 3 is 3.06 bits per heavy atom. The van der Waals surface area contributed by atoms with Crippen LogP contribution in [0.2, 0.25) is 0 Å². The first-order valence-corrected chi connectivity index (χ1v) is 7.51. The lowest BCUT2D eigenvalue weighted by molar-refractivity contribution is 0.784. The van der Waals surface area contributed by atoms with Crippen LogP contribution in [0, 0.1) is 6.92 Å². The maximum atomic E-state index is 5.55. The molecule has 0 spiro atoms. The molecular formula is C11H14N4S2. The van der Waals surface area contributed by atoms with E-state index in [1.165, 1.54) is 23.5 Å². The van der Waals surface area contributed by atoms with E-state index in [4.69, 9.17) is 5.84 Å². The highest BCUT2D eigenvalue weighted by Gasteiger charge is 2.22. The van der Waals surface area contributed by atoms with Gasteiger partial charge in [0.1, 0.15) is 10.7 Å². The molecule has 1 saturated heterocycles. The second-order valence-electron chi connectivity index (χ2n) is 4.15. The predicted octanol–water partition coefficient (Wildman–Crippen LogP) is 2.85. The lowest BCUT2D eigenvalue weighted by Crippen LogP contribution is -2.11. The number of aromatic nitrogens is 2. The van der Waals surface area contributed by atoms with Gasteiger partial charge < -0.3 is 5.43 Å². The monoisotopic (exact) mass is 266 g/mol. The number of nitrogens with zero attached hydrogens (tertiary/aromatic N) is 2. The van der Waals surface area contributed by atoms with E-state index in [9.17, 15) is 0 Å². The number of fused-ring (bicyclic) bond motifs is 1. The van der Waals surface area contributed by atoms with Gasteiger partial charge in [-0.15, -0.1) is 11.3 Å². The van der Waals surface area contributed by atoms with Crippen LogP contribution in [0.15, 0.2) is 6.07 Å². The van der Waals surface area contributed by atoms with Crippen LogP contribution in [0.1, 0.15) is 28.8 Å². The van der Waals surface area contributed by atoms with E-state index in [0.29, 0.717) is 5.25 Å². The molecule has 1 fully saturated rings. The zero-order valence-electron chi connectivity index (χ0n) is 9.56. The maximum Gasteiger partial charge on any atom is 0.152 e. The van der Waals surface area contributed by atoms with Crippen LogP contribution in [0.25, 0.3) is 10.2 Å². The van der Waals surface area contributed by atoms with Gasteiger partial charge in [-0.05, 0) is 31.6 Å². The van der Waals surface area contributed by atoms with Gasteiger partial charge in [-0.1, -0.05) is 0 Å². The van der Waals surface area contributed by atoms with E-state index < -0.39 is 0 Å². The summed E-state index contributed by atoms with van der Waals surface area (Å²) < 4.78 is 0. The summed E-state index contributed by atoms with van der Waals surface area (Å²) >= 11 is 3.64. The number of thioether (sulfide) groups is 1.